The molecule has 66 valence electrons. The van der Waals surface area contributed by atoms with Crippen LogP contribution in [-0.2, 0) is 0 Å². The Morgan fingerprint density at radius 1 is 1.25 bits per heavy atom. The van der Waals surface area contributed by atoms with Gasteiger partial charge in [0.2, 0.25) is 0 Å². The first kappa shape index (κ1) is 9.64. The summed E-state index contributed by atoms with van der Waals surface area (Å²) in [5, 5.41) is 0. The van der Waals surface area contributed by atoms with Crippen LogP contribution in [0.25, 0.3) is 0 Å². The van der Waals surface area contributed by atoms with Gasteiger partial charge < -0.3 is 9.47 Å². The fourth-order valence-corrected chi connectivity index (χ4v) is 1.11. The van der Waals surface area contributed by atoms with Gasteiger partial charge in [0.15, 0.2) is 11.5 Å². The van der Waals surface area contributed by atoms with Crippen molar-refractivity contribution in [3.05, 3.63) is 24.3 Å². The molecule has 0 N–H and O–H groups in total. The van der Waals surface area contributed by atoms with Gasteiger partial charge in [-0.3, -0.25) is 0 Å². The van der Waals surface area contributed by atoms with E-state index in [4.69, 9.17) is 9.47 Å². The standard InChI is InChI=1S/C9H11IO2/c1-11-8-4-2-3-5-9(8)12-7-6-10/h2-5H,6-7H2,1H3. The molecule has 0 spiro atoms. The maximum Gasteiger partial charge on any atom is 0.161 e. The predicted octanol–water partition coefficient (Wildman–Crippen LogP) is 2.51. The summed E-state index contributed by atoms with van der Waals surface area (Å²) < 4.78 is 11.5. The third-order valence-electron chi connectivity index (χ3n) is 1.40. The zero-order valence-electron chi connectivity index (χ0n) is 6.92. The molecule has 1 aromatic rings. The van der Waals surface area contributed by atoms with Crippen LogP contribution < -0.4 is 9.47 Å². The summed E-state index contributed by atoms with van der Waals surface area (Å²) in [6.45, 7) is 0.723. The average Bonchev–Trinajstić information content (AvgIpc) is 2.15. The van der Waals surface area contributed by atoms with Crippen molar-refractivity contribution in [2.45, 2.75) is 0 Å². The van der Waals surface area contributed by atoms with Crippen LogP contribution in [0.5, 0.6) is 11.5 Å². The maximum atomic E-state index is 5.44. The topological polar surface area (TPSA) is 18.5 Å². The van der Waals surface area contributed by atoms with Gasteiger partial charge in [0.1, 0.15) is 0 Å². The Morgan fingerprint density at radius 2 is 1.92 bits per heavy atom. The molecule has 0 saturated carbocycles. The number of methoxy groups -OCH3 is 1. The monoisotopic (exact) mass is 278 g/mol. The number of alkyl halides is 1. The maximum absolute atomic E-state index is 5.44. The minimum Gasteiger partial charge on any atom is -0.493 e. The molecule has 0 amide bonds. The first-order chi connectivity index (χ1) is 5.88. The fourth-order valence-electron chi connectivity index (χ4n) is 0.887. The van der Waals surface area contributed by atoms with E-state index in [2.05, 4.69) is 22.6 Å². The van der Waals surface area contributed by atoms with E-state index in [9.17, 15) is 0 Å². The van der Waals surface area contributed by atoms with Crippen molar-refractivity contribution in [1.82, 2.24) is 0 Å². The highest BCUT2D eigenvalue weighted by Crippen LogP contribution is 2.25. The Balaban J connectivity index is 2.68. The second-order valence-corrected chi connectivity index (χ2v) is 3.27. The Labute approximate surface area is 86.0 Å². The Kier molecular flexibility index (Phi) is 4.21. The molecule has 0 aliphatic heterocycles. The zero-order chi connectivity index (χ0) is 8.81. The third-order valence-corrected chi connectivity index (χ3v) is 1.84. The number of para-hydroxylation sites is 2. The van der Waals surface area contributed by atoms with Gasteiger partial charge in [0, 0.05) is 4.43 Å². The molecule has 0 aromatic heterocycles. The summed E-state index contributed by atoms with van der Waals surface area (Å²) in [4.78, 5) is 0. The van der Waals surface area contributed by atoms with Crippen molar-refractivity contribution in [3.8, 4) is 11.5 Å². The normalized spacial score (nSPS) is 9.50. The van der Waals surface area contributed by atoms with Crippen LogP contribution in [0.1, 0.15) is 0 Å². The second kappa shape index (κ2) is 5.24. The van der Waals surface area contributed by atoms with E-state index >= 15 is 0 Å². The van der Waals surface area contributed by atoms with E-state index in [1.807, 2.05) is 24.3 Å². The SMILES string of the molecule is COc1ccccc1OCCI. The molecule has 0 saturated heterocycles. The molecule has 12 heavy (non-hydrogen) atoms. The molecular weight excluding hydrogens is 267 g/mol. The van der Waals surface area contributed by atoms with Gasteiger partial charge in [-0.25, -0.2) is 0 Å². The van der Waals surface area contributed by atoms with Crippen molar-refractivity contribution in [1.29, 1.82) is 0 Å². The summed E-state index contributed by atoms with van der Waals surface area (Å²) in [6, 6.07) is 7.66. The van der Waals surface area contributed by atoms with Gasteiger partial charge >= 0.3 is 0 Å². The van der Waals surface area contributed by atoms with Crippen LogP contribution in [0.2, 0.25) is 0 Å². The van der Waals surface area contributed by atoms with Crippen LogP contribution in [-0.4, -0.2) is 18.1 Å². The smallest absolute Gasteiger partial charge is 0.161 e. The van der Waals surface area contributed by atoms with Gasteiger partial charge in [0.05, 0.1) is 13.7 Å². The van der Waals surface area contributed by atoms with Crippen molar-refractivity contribution >= 4 is 22.6 Å². The molecule has 1 aromatic carbocycles. The minimum atomic E-state index is 0.723. The van der Waals surface area contributed by atoms with Crippen molar-refractivity contribution in [2.75, 3.05) is 18.1 Å². The molecule has 2 nitrogen and oxygen atoms in total. The van der Waals surface area contributed by atoms with Gasteiger partial charge in [-0.15, -0.1) is 0 Å². The van der Waals surface area contributed by atoms with E-state index in [1.165, 1.54) is 0 Å². The van der Waals surface area contributed by atoms with Crippen LogP contribution in [0.3, 0.4) is 0 Å². The lowest BCUT2D eigenvalue weighted by molar-refractivity contribution is 0.315. The summed E-state index contributed by atoms with van der Waals surface area (Å²) >= 11 is 2.27. The fraction of sp³-hybridized carbons (Fsp3) is 0.333. The van der Waals surface area contributed by atoms with E-state index in [1.54, 1.807) is 7.11 Å². The Hall–Kier alpha value is -0.450. The lowest BCUT2D eigenvalue weighted by Gasteiger charge is -2.08. The Bertz CT molecular complexity index is 238. The summed E-state index contributed by atoms with van der Waals surface area (Å²) in [7, 11) is 1.65. The van der Waals surface area contributed by atoms with E-state index < -0.39 is 0 Å². The number of benzene rings is 1. The molecule has 1 rings (SSSR count). The first-order valence-corrected chi connectivity index (χ1v) is 5.23. The molecular formula is C9H11IO2. The molecule has 0 aliphatic rings. The quantitative estimate of drug-likeness (QED) is 0.622. The molecule has 0 atom stereocenters. The molecule has 0 heterocycles. The first-order valence-electron chi connectivity index (χ1n) is 3.70. The molecule has 0 radical (unpaired) electrons. The highest BCUT2D eigenvalue weighted by molar-refractivity contribution is 14.1. The van der Waals surface area contributed by atoms with Crippen LogP contribution in [0.4, 0.5) is 0 Å². The number of hydrogen-bond donors (Lipinski definition) is 0. The number of rotatable bonds is 4. The van der Waals surface area contributed by atoms with Crippen molar-refractivity contribution in [2.24, 2.45) is 0 Å². The molecule has 0 aliphatic carbocycles. The zero-order valence-corrected chi connectivity index (χ0v) is 9.08. The summed E-state index contributed by atoms with van der Waals surface area (Å²) in [5.74, 6) is 1.61. The molecule has 3 heteroatoms. The second-order valence-electron chi connectivity index (χ2n) is 2.19. The van der Waals surface area contributed by atoms with Crippen molar-refractivity contribution < 1.29 is 9.47 Å². The Morgan fingerprint density at radius 3 is 2.50 bits per heavy atom. The van der Waals surface area contributed by atoms with E-state index in [0.717, 1.165) is 22.5 Å². The van der Waals surface area contributed by atoms with Gasteiger partial charge in [-0.2, -0.15) is 0 Å². The lowest BCUT2D eigenvalue weighted by atomic mass is 10.3. The highest BCUT2D eigenvalue weighted by Gasteiger charge is 2.00. The van der Waals surface area contributed by atoms with Crippen LogP contribution >= 0.6 is 22.6 Å². The van der Waals surface area contributed by atoms with Gasteiger partial charge in [-0.05, 0) is 12.1 Å². The van der Waals surface area contributed by atoms with Gasteiger partial charge in [-0.1, -0.05) is 34.7 Å². The van der Waals surface area contributed by atoms with Crippen molar-refractivity contribution in [3.63, 3.8) is 0 Å². The van der Waals surface area contributed by atoms with Crippen LogP contribution in [0.15, 0.2) is 24.3 Å². The number of ether oxygens (including phenoxy) is 2. The highest BCUT2D eigenvalue weighted by atomic mass is 127. The third kappa shape index (κ3) is 2.55. The molecule has 0 fully saturated rings. The largest absolute Gasteiger partial charge is 0.493 e. The number of hydrogen-bond acceptors (Lipinski definition) is 2. The van der Waals surface area contributed by atoms with E-state index in [0.29, 0.717) is 0 Å². The minimum absolute atomic E-state index is 0.723. The molecule has 0 unspecified atom stereocenters. The summed E-state index contributed by atoms with van der Waals surface area (Å²) in [5.41, 5.74) is 0. The predicted molar refractivity (Wildman–Crippen MR) is 57.4 cm³/mol. The summed E-state index contributed by atoms with van der Waals surface area (Å²) in [6.07, 6.45) is 0. The number of halogens is 1. The lowest BCUT2D eigenvalue weighted by Crippen LogP contribution is -1.99. The average molecular weight is 278 g/mol. The van der Waals surface area contributed by atoms with E-state index in [-0.39, 0.29) is 0 Å². The van der Waals surface area contributed by atoms with Gasteiger partial charge in [0.25, 0.3) is 0 Å². The van der Waals surface area contributed by atoms with Crippen LogP contribution in [0, 0.1) is 0 Å². The molecule has 0 bridgehead atoms.